The van der Waals surface area contributed by atoms with Crippen molar-refractivity contribution >= 4 is 6.08 Å². The molecule has 0 aromatic heterocycles. The topological polar surface area (TPSA) is 0 Å². The van der Waals surface area contributed by atoms with E-state index < -0.39 is 0 Å². The molecule has 1 aliphatic carbocycles. The van der Waals surface area contributed by atoms with Crippen molar-refractivity contribution in [2.75, 3.05) is 0 Å². The Hall–Kier alpha value is -1.04. The van der Waals surface area contributed by atoms with Gasteiger partial charge in [-0.25, -0.2) is 0 Å². The summed E-state index contributed by atoms with van der Waals surface area (Å²) >= 11 is 0. The fourth-order valence-corrected chi connectivity index (χ4v) is 1.37. The average Bonchev–Trinajstić information content (AvgIpc) is 2.21. The first kappa shape index (κ1) is 15.4. The molecule has 1 aromatic rings. The van der Waals surface area contributed by atoms with Crippen LogP contribution in [0.3, 0.4) is 0 Å². The van der Waals surface area contributed by atoms with Gasteiger partial charge in [0, 0.05) is 0 Å². The summed E-state index contributed by atoms with van der Waals surface area (Å²) in [6, 6.07) is 8.58. The zero-order valence-electron chi connectivity index (χ0n) is 7.88. The molecular weight excluding hydrogens is 168 g/mol. The van der Waals surface area contributed by atoms with Crippen molar-refractivity contribution in [1.29, 1.82) is 0 Å². The second-order valence-electron chi connectivity index (χ2n) is 2.64. The molecule has 1 aliphatic rings. The minimum Gasteiger partial charge on any atom is -0.0836 e. The third kappa shape index (κ3) is 3.78. The SMILES string of the molecule is C.C.C1=Cc2ccccc2CC1.CC. The summed E-state index contributed by atoms with van der Waals surface area (Å²) in [6.45, 7) is 4.00. The van der Waals surface area contributed by atoms with Gasteiger partial charge in [0.25, 0.3) is 0 Å². The summed E-state index contributed by atoms with van der Waals surface area (Å²) in [7, 11) is 0. The summed E-state index contributed by atoms with van der Waals surface area (Å²) in [4.78, 5) is 0. The molecule has 1 aromatic carbocycles. The van der Waals surface area contributed by atoms with Crippen LogP contribution in [-0.4, -0.2) is 0 Å². The quantitative estimate of drug-likeness (QED) is 0.546. The van der Waals surface area contributed by atoms with Crippen molar-refractivity contribution in [3.05, 3.63) is 41.5 Å². The highest BCUT2D eigenvalue weighted by molar-refractivity contribution is 5.55. The first-order chi connectivity index (χ1) is 5.97. The van der Waals surface area contributed by atoms with Crippen molar-refractivity contribution in [2.45, 2.75) is 41.5 Å². The monoisotopic (exact) mass is 192 g/mol. The van der Waals surface area contributed by atoms with Crippen molar-refractivity contribution in [1.82, 2.24) is 0 Å². The van der Waals surface area contributed by atoms with Crippen LogP contribution in [0.1, 0.15) is 46.2 Å². The molecule has 0 atom stereocenters. The summed E-state index contributed by atoms with van der Waals surface area (Å²) < 4.78 is 0. The highest BCUT2D eigenvalue weighted by atomic mass is 14.1. The zero-order chi connectivity index (χ0) is 8.81. The van der Waals surface area contributed by atoms with Gasteiger partial charge in [0.1, 0.15) is 0 Å². The highest BCUT2D eigenvalue weighted by Gasteiger charge is 2.00. The van der Waals surface area contributed by atoms with E-state index in [1.807, 2.05) is 13.8 Å². The van der Waals surface area contributed by atoms with E-state index in [0.29, 0.717) is 0 Å². The molecule has 0 heterocycles. The molecule has 0 spiro atoms. The van der Waals surface area contributed by atoms with Gasteiger partial charge in [0.05, 0.1) is 0 Å². The van der Waals surface area contributed by atoms with Gasteiger partial charge in [0.2, 0.25) is 0 Å². The second kappa shape index (κ2) is 8.55. The molecular formula is C14H24. The van der Waals surface area contributed by atoms with Gasteiger partial charge in [-0.15, -0.1) is 0 Å². The average molecular weight is 192 g/mol. The summed E-state index contributed by atoms with van der Waals surface area (Å²) in [6.07, 6.45) is 6.87. The van der Waals surface area contributed by atoms with E-state index in [9.17, 15) is 0 Å². The molecule has 0 fully saturated rings. The lowest BCUT2D eigenvalue weighted by molar-refractivity contribution is 0.986. The van der Waals surface area contributed by atoms with Gasteiger partial charge >= 0.3 is 0 Å². The number of hydrogen-bond donors (Lipinski definition) is 0. The number of rotatable bonds is 0. The van der Waals surface area contributed by atoms with E-state index in [-0.39, 0.29) is 14.9 Å². The van der Waals surface area contributed by atoms with Crippen molar-refractivity contribution < 1.29 is 0 Å². The molecule has 0 saturated carbocycles. The van der Waals surface area contributed by atoms with Crippen LogP contribution in [0.15, 0.2) is 30.3 Å². The number of allylic oxidation sites excluding steroid dienone is 1. The second-order valence-corrected chi connectivity index (χ2v) is 2.64. The van der Waals surface area contributed by atoms with E-state index in [2.05, 4.69) is 36.4 Å². The molecule has 0 unspecified atom stereocenters. The van der Waals surface area contributed by atoms with Crippen LogP contribution in [0.4, 0.5) is 0 Å². The normalized spacial score (nSPS) is 11.0. The van der Waals surface area contributed by atoms with Crippen LogP contribution < -0.4 is 0 Å². The zero-order valence-corrected chi connectivity index (χ0v) is 7.88. The molecule has 0 amide bonds. The van der Waals surface area contributed by atoms with Gasteiger partial charge in [-0.1, -0.05) is 65.1 Å². The van der Waals surface area contributed by atoms with E-state index in [0.717, 1.165) is 0 Å². The van der Waals surface area contributed by atoms with Crippen LogP contribution in [0.5, 0.6) is 0 Å². The predicted molar refractivity (Wildman–Crippen MR) is 68.6 cm³/mol. The Morgan fingerprint density at radius 1 is 1.00 bits per heavy atom. The lowest BCUT2D eigenvalue weighted by Crippen LogP contribution is -1.91. The van der Waals surface area contributed by atoms with E-state index >= 15 is 0 Å². The van der Waals surface area contributed by atoms with Crippen LogP contribution >= 0.6 is 0 Å². The Balaban J connectivity index is 0. The first-order valence-electron chi connectivity index (χ1n) is 4.71. The molecule has 2 rings (SSSR count). The molecule has 0 nitrogen and oxygen atoms in total. The smallest absolute Gasteiger partial charge is 0.0228 e. The molecule has 14 heavy (non-hydrogen) atoms. The first-order valence-corrected chi connectivity index (χ1v) is 4.71. The number of hydrogen-bond acceptors (Lipinski definition) is 0. The Bertz CT molecular complexity index is 258. The van der Waals surface area contributed by atoms with E-state index in [1.54, 1.807) is 0 Å². The minimum absolute atomic E-state index is 0. The summed E-state index contributed by atoms with van der Waals surface area (Å²) in [5, 5.41) is 0. The maximum atomic E-state index is 2.24. The van der Waals surface area contributed by atoms with Crippen molar-refractivity contribution in [2.24, 2.45) is 0 Å². The van der Waals surface area contributed by atoms with Crippen LogP contribution in [-0.2, 0) is 6.42 Å². The number of fused-ring (bicyclic) bond motifs is 1. The Labute approximate surface area is 89.7 Å². The van der Waals surface area contributed by atoms with Crippen LogP contribution in [0.2, 0.25) is 0 Å². The van der Waals surface area contributed by atoms with Gasteiger partial charge < -0.3 is 0 Å². The van der Waals surface area contributed by atoms with Crippen molar-refractivity contribution in [3.63, 3.8) is 0 Å². The molecule has 0 radical (unpaired) electrons. The van der Waals surface area contributed by atoms with Crippen molar-refractivity contribution in [3.8, 4) is 0 Å². The maximum absolute atomic E-state index is 2.24. The molecule has 0 bridgehead atoms. The largest absolute Gasteiger partial charge is 0.0836 e. The van der Waals surface area contributed by atoms with Crippen LogP contribution in [0.25, 0.3) is 6.08 Å². The molecule has 0 aliphatic heterocycles. The maximum Gasteiger partial charge on any atom is -0.0228 e. The Morgan fingerprint density at radius 2 is 1.64 bits per heavy atom. The van der Waals surface area contributed by atoms with Crippen LogP contribution in [0, 0.1) is 0 Å². The molecule has 0 saturated heterocycles. The fourth-order valence-electron chi connectivity index (χ4n) is 1.37. The summed E-state index contributed by atoms with van der Waals surface area (Å²) in [5.41, 5.74) is 2.89. The Morgan fingerprint density at radius 3 is 2.29 bits per heavy atom. The number of aryl methyl sites for hydroxylation is 1. The molecule has 0 heteroatoms. The lowest BCUT2D eigenvalue weighted by atomic mass is 9.98. The number of benzene rings is 1. The summed E-state index contributed by atoms with van der Waals surface area (Å²) in [5.74, 6) is 0. The Kier molecular flexibility index (Phi) is 9.43. The third-order valence-electron chi connectivity index (χ3n) is 1.93. The molecule has 0 N–H and O–H groups in total. The minimum atomic E-state index is 0. The highest BCUT2D eigenvalue weighted by Crippen LogP contribution is 2.17. The lowest BCUT2D eigenvalue weighted by Gasteiger charge is -2.07. The molecule has 80 valence electrons. The van der Waals surface area contributed by atoms with Gasteiger partial charge in [-0.3, -0.25) is 0 Å². The fraction of sp³-hybridized carbons (Fsp3) is 0.429. The van der Waals surface area contributed by atoms with E-state index in [1.165, 1.54) is 24.0 Å². The van der Waals surface area contributed by atoms with Gasteiger partial charge in [0.15, 0.2) is 0 Å². The standard InChI is InChI=1S/C10H10.C2H6.2CH4/c1-2-6-10-8-4-3-7-9(10)5-1;1-2;;/h1-3,5-7H,4,8H2;1-2H3;2*1H4. The van der Waals surface area contributed by atoms with Gasteiger partial charge in [-0.2, -0.15) is 0 Å². The predicted octanol–water partition coefficient (Wildman–Crippen LogP) is 4.94. The van der Waals surface area contributed by atoms with E-state index in [4.69, 9.17) is 0 Å². The van der Waals surface area contributed by atoms with Gasteiger partial charge in [-0.05, 0) is 24.0 Å². The third-order valence-corrected chi connectivity index (χ3v) is 1.93.